The molecule has 2 rings (SSSR count). The summed E-state index contributed by atoms with van der Waals surface area (Å²) in [7, 11) is 0. The molecule has 2 aliphatic carbocycles. The quantitative estimate of drug-likeness (QED) is 0.725. The Morgan fingerprint density at radius 3 is 2.50 bits per heavy atom. The number of aliphatic carboxylic acids is 1. The maximum absolute atomic E-state index is 12.0. The first kappa shape index (κ1) is 15.1. The van der Waals surface area contributed by atoms with Gasteiger partial charge in [0, 0.05) is 6.04 Å². The number of carbonyl (C=O) groups is 2. The molecule has 114 valence electrons. The van der Waals surface area contributed by atoms with E-state index in [1.165, 1.54) is 0 Å². The van der Waals surface area contributed by atoms with Gasteiger partial charge in [-0.3, -0.25) is 0 Å². The van der Waals surface area contributed by atoms with Crippen LogP contribution in [0.15, 0.2) is 0 Å². The fourth-order valence-electron chi connectivity index (χ4n) is 3.18. The molecule has 0 aliphatic heterocycles. The zero-order chi connectivity index (χ0) is 14.8. The smallest absolute Gasteiger partial charge is 0.329 e. The van der Waals surface area contributed by atoms with Crippen molar-refractivity contribution in [2.45, 2.75) is 70.4 Å². The van der Waals surface area contributed by atoms with Crippen LogP contribution < -0.4 is 10.6 Å². The van der Waals surface area contributed by atoms with E-state index in [9.17, 15) is 14.7 Å². The first-order valence-electron chi connectivity index (χ1n) is 7.79. The van der Waals surface area contributed by atoms with Crippen molar-refractivity contribution in [3.05, 3.63) is 0 Å². The van der Waals surface area contributed by atoms with Crippen LogP contribution in [-0.2, 0) is 4.79 Å². The number of hydrogen-bond donors (Lipinski definition) is 3. The second-order valence-electron chi connectivity index (χ2n) is 6.56. The van der Waals surface area contributed by atoms with Crippen LogP contribution in [0.4, 0.5) is 4.79 Å². The minimum absolute atomic E-state index is 0.239. The first-order chi connectivity index (χ1) is 9.47. The summed E-state index contributed by atoms with van der Waals surface area (Å²) in [5.74, 6) is 0.225. The summed E-state index contributed by atoms with van der Waals surface area (Å²) in [4.78, 5) is 23.6. The zero-order valence-corrected chi connectivity index (χ0v) is 12.4. The lowest BCUT2D eigenvalue weighted by molar-refractivity contribution is -0.146. The molecule has 5 heteroatoms. The van der Waals surface area contributed by atoms with Crippen LogP contribution in [0.1, 0.15) is 58.8 Å². The van der Waals surface area contributed by atoms with Crippen molar-refractivity contribution in [3.8, 4) is 0 Å². The highest BCUT2D eigenvalue weighted by molar-refractivity contribution is 5.86. The van der Waals surface area contributed by atoms with Crippen molar-refractivity contribution in [2.24, 2.45) is 11.8 Å². The Bertz CT molecular complexity index is 375. The van der Waals surface area contributed by atoms with Crippen molar-refractivity contribution in [1.82, 2.24) is 10.6 Å². The molecule has 20 heavy (non-hydrogen) atoms. The topological polar surface area (TPSA) is 78.4 Å². The molecule has 2 unspecified atom stereocenters. The predicted molar refractivity (Wildman–Crippen MR) is 76.5 cm³/mol. The molecule has 0 spiro atoms. The number of carboxylic acid groups (broad SMARTS) is 1. The number of hydrogen-bond acceptors (Lipinski definition) is 2. The summed E-state index contributed by atoms with van der Waals surface area (Å²) < 4.78 is 0. The van der Waals surface area contributed by atoms with Gasteiger partial charge in [0.2, 0.25) is 0 Å². The normalized spacial score (nSPS) is 36.2. The maximum atomic E-state index is 12.0. The van der Waals surface area contributed by atoms with Gasteiger partial charge in [-0.1, -0.05) is 20.3 Å². The van der Waals surface area contributed by atoms with E-state index in [-0.39, 0.29) is 12.1 Å². The molecule has 2 fully saturated rings. The van der Waals surface area contributed by atoms with Crippen molar-refractivity contribution >= 4 is 12.0 Å². The van der Waals surface area contributed by atoms with E-state index in [1.807, 2.05) is 0 Å². The van der Waals surface area contributed by atoms with E-state index >= 15 is 0 Å². The molecule has 5 nitrogen and oxygen atoms in total. The molecule has 0 radical (unpaired) electrons. The number of nitrogens with one attached hydrogen (secondary N) is 2. The van der Waals surface area contributed by atoms with E-state index in [0.717, 1.165) is 32.1 Å². The van der Waals surface area contributed by atoms with Gasteiger partial charge in [-0.05, 0) is 50.4 Å². The molecule has 0 saturated heterocycles. The molecular formula is C15H26N2O3. The van der Waals surface area contributed by atoms with Crippen molar-refractivity contribution in [3.63, 3.8) is 0 Å². The summed E-state index contributed by atoms with van der Waals surface area (Å²) in [6.07, 6.45) is 6.05. The van der Waals surface area contributed by atoms with Crippen LogP contribution in [-0.4, -0.2) is 28.7 Å². The molecule has 0 aromatic rings. The highest BCUT2D eigenvalue weighted by Gasteiger charge is 2.44. The second-order valence-corrected chi connectivity index (χ2v) is 6.56. The van der Waals surface area contributed by atoms with Gasteiger partial charge in [0.15, 0.2) is 0 Å². The van der Waals surface area contributed by atoms with Crippen LogP contribution in [0, 0.1) is 11.8 Å². The SMILES string of the molecule is CCCC1CC1NC(=O)NC1(C(=O)O)CCC(C)CC1. The minimum Gasteiger partial charge on any atom is -0.480 e. The number of urea groups is 1. The van der Waals surface area contributed by atoms with Gasteiger partial charge in [-0.2, -0.15) is 0 Å². The number of rotatable bonds is 5. The summed E-state index contributed by atoms with van der Waals surface area (Å²) in [6, 6.07) is -0.0751. The van der Waals surface area contributed by atoms with Crippen LogP contribution in [0.3, 0.4) is 0 Å². The van der Waals surface area contributed by atoms with Gasteiger partial charge in [0.1, 0.15) is 5.54 Å². The Kier molecular flexibility index (Phi) is 4.55. The van der Waals surface area contributed by atoms with Crippen LogP contribution >= 0.6 is 0 Å². The molecule has 2 atom stereocenters. The minimum atomic E-state index is -1.06. The summed E-state index contributed by atoms with van der Waals surface area (Å²) in [6.45, 7) is 4.27. The fourth-order valence-corrected chi connectivity index (χ4v) is 3.18. The number of carboxylic acids is 1. The third kappa shape index (κ3) is 3.44. The standard InChI is InChI=1S/C15H26N2O3/c1-3-4-11-9-12(11)16-14(20)17-15(13(18)19)7-5-10(2)6-8-15/h10-12H,3-9H2,1-2H3,(H,18,19)(H2,16,17,20). The third-order valence-corrected chi connectivity index (χ3v) is 4.79. The Balaban J connectivity index is 1.86. The summed E-state index contributed by atoms with van der Waals surface area (Å²) in [5, 5.41) is 15.1. The van der Waals surface area contributed by atoms with Crippen molar-refractivity contribution in [1.29, 1.82) is 0 Å². The van der Waals surface area contributed by atoms with Gasteiger partial charge < -0.3 is 15.7 Å². The highest BCUT2D eigenvalue weighted by Crippen LogP contribution is 2.35. The van der Waals surface area contributed by atoms with E-state index in [2.05, 4.69) is 24.5 Å². The van der Waals surface area contributed by atoms with E-state index in [4.69, 9.17) is 0 Å². The molecule has 3 N–H and O–H groups in total. The van der Waals surface area contributed by atoms with Crippen LogP contribution in [0.2, 0.25) is 0 Å². The van der Waals surface area contributed by atoms with Gasteiger partial charge >= 0.3 is 12.0 Å². The summed E-state index contributed by atoms with van der Waals surface area (Å²) in [5.41, 5.74) is -1.06. The lowest BCUT2D eigenvalue weighted by Crippen LogP contribution is -2.58. The van der Waals surface area contributed by atoms with Gasteiger partial charge in [0.25, 0.3) is 0 Å². The second kappa shape index (κ2) is 6.02. The molecule has 0 bridgehead atoms. The highest BCUT2D eigenvalue weighted by atomic mass is 16.4. The van der Waals surface area contributed by atoms with E-state index in [0.29, 0.717) is 24.7 Å². The Morgan fingerprint density at radius 1 is 1.30 bits per heavy atom. The summed E-state index contributed by atoms with van der Waals surface area (Å²) >= 11 is 0. The Hall–Kier alpha value is -1.26. The Morgan fingerprint density at radius 2 is 1.95 bits per heavy atom. The monoisotopic (exact) mass is 282 g/mol. The fraction of sp³-hybridized carbons (Fsp3) is 0.867. The van der Waals surface area contributed by atoms with Crippen LogP contribution in [0.5, 0.6) is 0 Å². The molecule has 0 aromatic carbocycles. The van der Waals surface area contributed by atoms with Gasteiger partial charge in [0.05, 0.1) is 0 Å². The zero-order valence-electron chi connectivity index (χ0n) is 12.4. The molecule has 2 aliphatic rings. The first-order valence-corrected chi connectivity index (χ1v) is 7.79. The molecule has 0 heterocycles. The largest absolute Gasteiger partial charge is 0.480 e. The van der Waals surface area contributed by atoms with Gasteiger partial charge in [-0.25, -0.2) is 9.59 Å². The average Bonchev–Trinajstić information content (AvgIpc) is 3.10. The molecule has 2 amide bonds. The van der Waals surface area contributed by atoms with E-state index in [1.54, 1.807) is 0 Å². The number of carbonyl (C=O) groups excluding carboxylic acids is 1. The predicted octanol–water partition coefficient (Wildman–Crippen LogP) is 2.51. The number of amides is 2. The van der Waals surface area contributed by atoms with Crippen molar-refractivity contribution in [2.75, 3.05) is 0 Å². The van der Waals surface area contributed by atoms with Crippen molar-refractivity contribution < 1.29 is 14.7 Å². The third-order valence-electron chi connectivity index (χ3n) is 4.79. The Labute approximate surface area is 120 Å². The van der Waals surface area contributed by atoms with Crippen LogP contribution in [0.25, 0.3) is 0 Å². The van der Waals surface area contributed by atoms with Gasteiger partial charge in [-0.15, -0.1) is 0 Å². The average molecular weight is 282 g/mol. The molecule has 2 saturated carbocycles. The molecule has 0 aromatic heterocycles. The lowest BCUT2D eigenvalue weighted by Gasteiger charge is -2.36. The molecular weight excluding hydrogens is 256 g/mol. The maximum Gasteiger partial charge on any atom is 0.329 e. The van der Waals surface area contributed by atoms with E-state index < -0.39 is 11.5 Å². The lowest BCUT2D eigenvalue weighted by atomic mass is 9.77.